The maximum atomic E-state index is 14.4. The van der Waals surface area contributed by atoms with Crippen molar-refractivity contribution < 1.29 is 104 Å². The van der Waals surface area contributed by atoms with E-state index in [-0.39, 0.29) is 77.9 Å². The summed E-state index contributed by atoms with van der Waals surface area (Å²) in [5.74, 6) is -0.375. The van der Waals surface area contributed by atoms with Crippen molar-refractivity contribution in [3.63, 3.8) is 0 Å². The number of fused-ring (bicyclic) bond motifs is 8. The van der Waals surface area contributed by atoms with Crippen molar-refractivity contribution in [3.8, 4) is 50.3 Å². The first-order valence-corrected chi connectivity index (χ1v) is 20.6. The number of phenolic OH excluding ortho intramolecular Hbond substituents is 1. The number of rotatable bonds is 4. The summed E-state index contributed by atoms with van der Waals surface area (Å²) in [6.45, 7) is 0. The van der Waals surface area contributed by atoms with E-state index in [2.05, 4.69) is 19.9 Å². The fourth-order valence-electron chi connectivity index (χ4n) is 8.23. The van der Waals surface area contributed by atoms with Gasteiger partial charge in [-0.15, -0.1) is 22.1 Å². The molecule has 0 fully saturated rings. The van der Waals surface area contributed by atoms with E-state index < -0.39 is 137 Å². The Morgan fingerprint density at radius 1 is 0.311 bits per heavy atom. The molecule has 0 saturated carbocycles. The molecule has 5 heterocycles. The molecular weight excluding hydrogens is 1080 g/mol. The minimum atomic E-state index is -5.48. The van der Waals surface area contributed by atoms with Crippen molar-refractivity contribution in [2.45, 2.75) is 37.1 Å². The van der Waals surface area contributed by atoms with Gasteiger partial charge in [-0.1, -0.05) is 36.4 Å². The molecule has 0 amide bonds. The molecule has 0 unspecified atom stereocenters. The SMILES string of the molecule is Oc1cccc(-c2c3nc(c(-c4cc(C(F)(F)F)cc(C(F)(F)F)c4)c4ccc([n-]4)c(-c4cc(C(F)(F)F)cc(C(F)(F)F)c4)c4nc(c(-c5cc(C(F)(F)F)cc(C(F)(F)F)c5)c5ccc2[n-]5)C=C4)C=C3)c1.[Zn+2]. The van der Waals surface area contributed by atoms with Crippen molar-refractivity contribution in [3.05, 3.63) is 159 Å². The number of aromatic hydroxyl groups is 1. The average Bonchev–Trinajstić information content (AvgIpc) is 4.13. The largest absolute Gasteiger partial charge is 2.00 e. The Morgan fingerprint density at radius 3 is 0.784 bits per heavy atom. The Bertz CT molecular complexity index is 3460. The predicted molar refractivity (Wildman–Crippen MR) is 230 cm³/mol. The number of alkyl halides is 18. The number of phenols is 1. The third-order valence-electron chi connectivity index (χ3n) is 11.4. The van der Waals surface area contributed by atoms with Gasteiger partial charge in [0.25, 0.3) is 0 Å². The molecule has 0 spiro atoms. The zero-order valence-corrected chi connectivity index (χ0v) is 39.3. The Kier molecular flexibility index (Phi) is 13.0. The van der Waals surface area contributed by atoms with Crippen LogP contribution >= 0.6 is 0 Å². The van der Waals surface area contributed by atoms with Crippen LogP contribution < -0.4 is 9.97 Å². The van der Waals surface area contributed by atoms with Gasteiger partial charge in [0.15, 0.2) is 0 Å². The summed E-state index contributed by atoms with van der Waals surface area (Å²) in [7, 11) is 0. The molecular formula is C50H22F18N4OZn. The molecule has 8 bridgehead atoms. The summed E-state index contributed by atoms with van der Waals surface area (Å²) in [5.41, 5.74) is -19.2. The fraction of sp³-hybridized carbons (Fsp3) is 0.120. The van der Waals surface area contributed by atoms with Crippen LogP contribution in [-0.4, -0.2) is 15.1 Å². The molecule has 9 rings (SSSR count). The van der Waals surface area contributed by atoms with E-state index in [4.69, 9.17) is 0 Å². The first-order chi connectivity index (χ1) is 33.8. The molecule has 376 valence electrons. The fourth-order valence-corrected chi connectivity index (χ4v) is 8.23. The van der Waals surface area contributed by atoms with Gasteiger partial charge in [0.1, 0.15) is 5.75 Å². The molecule has 7 aromatic rings. The van der Waals surface area contributed by atoms with E-state index in [0.717, 1.165) is 36.4 Å². The minimum Gasteiger partial charge on any atom is -0.657 e. The quantitative estimate of drug-likeness (QED) is 0.140. The van der Waals surface area contributed by atoms with E-state index in [0.29, 0.717) is 24.3 Å². The van der Waals surface area contributed by atoms with Gasteiger partial charge < -0.3 is 15.1 Å². The van der Waals surface area contributed by atoms with Gasteiger partial charge >= 0.3 is 56.5 Å². The Labute approximate surface area is 415 Å². The Balaban J connectivity index is 0.00000729. The van der Waals surface area contributed by atoms with Crippen LogP contribution in [0, 0.1) is 0 Å². The van der Waals surface area contributed by atoms with Gasteiger partial charge in [0.05, 0.1) is 56.2 Å². The first-order valence-electron chi connectivity index (χ1n) is 20.6. The monoisotopic (exact) mass is 1100 g/mol. The second kappa shape index (κ2) is 18.2. The smallest absolute Gasteiger partial charge is 0.657 e. The van der Waals surface area contributed by atoms with Crippen LogP contribution in [0.15, 0.2) is 103 Å². The maximum absolute atomic E-state index is 14.4. The third kappa shape index (κ3) is 10.4. The van der Waals surface area contributed by atoms with Gasteiger partial charge in [-0.05, 0) is 136 Å². The number of halogens is 18. The number of hydrogen-bond donors (Lipinski definition) is 1. The summed E-state index contributed by atoms with van der Waals surface area (Å²) < 4.78 is 259. The van der Waals surface area contributed by atoms with E-state index >= 15 is 0 Å². The molecule has 0 saturated heterocycles. The molecule has 2 aliphatic rings. The van der Waals surface area contributed by atoms with Crippen LogP contribution in [0.4, 0.5) is 79.0 Å². The Morgan fingerprint density at radius 2 is 0.554 bits per heavy atom. The second-order valence-corrected chi connectivity index (χ2v) is 16.3. The topological polar surface area (TPSA) is 74.2 Å². The Hall–Kier alpha value is -7.36. The molecule has 74 heavy (non-hydrogen) atoms. The number of nitrogens with zero attached hydrogens (tertiary/aromatic N) is 4. The van der Waals surface area contributed by atoms with E-state index in [1.807, 2.05) is 0 Å². The molecule has 0 radical (unpaired) electrons. The molecule has 1 N–H and O–H groups in total. The van der Waals surface area contributed by atoms with Crippen LogP contribution in [0.3, 0.4) is 0 Å². The van der Waals surface area contributed by atoms with Gasteiger partial charge in [-0.25, -0.2) is 9.97 Å². The molecule has 24 heteroatoms. The van der Waals surface area contributed by atoms with Gasteiger partial charge in [-0.3, -0.25) is 0 Å². The average molecular weight is 1100 g/mol. The standard InChI is InChI=1S/C50H22F18N4O.Zn/c51-45(52,53)26-12-23(13-27(19-26)46(54,55)56)42-35-6-4-33(69-35)41(22-2-1-3-32(73)18-22)34-5-7-36(70-34)43(24-14-28(47(57,58)59)20-29(15-24)48(60,61)62)38-9-11-40(72-38)44(39-10-8-37(42)71-39)25-16-30(49(63,64)65)21-31(17-25)50(66,67)68;/h1-21H,(H-2,69,70,71,72,73);/q-2;+2. The van der Waals surface area contributed by atoms with Crippen LogP contribution in [0.1, 0.15) is 56.2 Å². The second-order valence-electron chi connectivity index (χ2n) is 16.3. The minimum absolute atomic E-state index is 0. The van der Waals surface area contributed by atoms with Gasteiger partial charge in [-0.2, -0.15) is 79.0 Å². The van der Waals surface area contributed by atoms with Crippen molar-refractivity contribution in [1.29, 1.82) is 0 Å². The van der Waals surface area contributed by atoms with Crippen LogP contribution in [-0.2, 0) is 56.5 Å². The summed E-state index contributed by atoms with van der Waals surface area (Å²) >= 11 is 0. The van der Waals surface area contributed by atoms with Crippen LogP contribution in [0.5, 0.6) is 5.75 Å². The van der Waals surface area contributed by atoms with Crippen molar-refractivity contribution >= 4 is 46.4 Å². The third-order valence-corrected chi connectivity index (χ3v) is 11.4. The normalized spacial score (nSPS) is 13.4. The molecule has 3 aromatic heterocycles. The first kappa shape index (κ1) is 53.0. The zero-order valence-electron chi connectivity index (χ0n) is 36.4. The molecule has 0 aliphatic carbocycles. The molecule has 0 atom stereocenters. The van der Waals surface area contributed by atoms with E-state index in [1.165, 1.54) is 36.4 Å². The summed E-state index contributed by atoms with van der Waals surface area (Å²) in [4.78, 5) is 17.8. The number of aromatic nitrogens is 4. The summed E-state index contributed by atoms with van der Waals surface area (Å²) in [6.07, 6.45) is -28.4. The van der Waals surface area contributed by atoms with Crippen LogP contribution in [0.25, 0.3) is 90.9 Å². The van der Waals surface area contributed by atoms with Crippen molar-refractivity contribution in [2.75, 3.05) is 0 Å². The van der Waals surface area contributed by atoms with Crippen molar-refractivity contribution in [2.24, 2.45) is 0 Å². The predicted octanol–water partition coefficient (Wildman–Crippen LogP) is 16.4. The molecule has 2 aliphatic heterocycles. The molecule has 4 aromatic carbocycles. The van der Waals surface area contributed by atoms with Crippen LogP contribution in [0.2, 0.25) is 0 Å². The van der Waals surface area contributed by atoms with E-state index in [1.54, 1.807) is 0 Å². The summed E-state index contributed by atoms with van der Waals surface area (Å²) in [6, 6.07) is 10.5. The number of hydrogen-bond acceptors (Lipinski definition) is 3. The van der Waals surface area contributed by atoms with E-state index in [9.17, 15) is 84.1 Å². The molecule has 5 nitrogen and oxygen atoms in total. The maximum Gasteiger partial charge on any atom is 2.00 e. The summed E-state index contributed by atoms with van der Waals surface area (Å²) in [5, 5.41) is 10.5. The van der Waals surface area contributed by atoms with Gasteiger partial charge in [0.2, 0.25) is 0 Å². The number of benzene rings is 4. The zero-order chi connectivity index (χ0) is 53.0. The van der Waals surface area contributed by atoms with Crippen molar-refractivity contribution in [1.82, 2.24) is 19.9 Å². The van der Waals surface area contributed by atoms with Gasteiger partial charge in [0, 0.05) is 0 Å².